The number of nitrogens with zero attached hydrogens (tertiary/aromatic N) is 1. The van der Waals surface area contributed by atoms with Crippen LogP contribution in [0.5, 0.6) is 0 Å². The van der Waals surface area contributed by atoms with E-state index in [0.29, 0.717) is 13.2 Å². The molecule has 16 heavy (non-hydrogen) atoms. The third-order valence-electron chi connectivity index (χ3n) is 2.29. The van der Waals surface area contributed by atoms with E-state index >= 15 is 0 Å². The van der Waals surface area contributed by atoms with Gasteiger partial charge in [-0.3, -0.25) is 4.79 Å². The maximum Gasteiger partial charge on any atom is 0.225 e. The van der Waals surface area contributed by atoms with Gasteiger partial charge < -0.3 is 14.4 Å². The van der Waals surface area contributed by atoms with Crippen LogP contribution in [0.1, 0.15) is 27.7 Å². The van der Waals surface area contributed by atoms with Crippen LogP contribution in [0.25, 0.3) is 0 Å². The van der Waals surface area contributed by atoms with Crippen LogP contribution in [-0.4, -0.2) is 50.3 Å². The van der Waals surface area contributed by atoms with Gasteiger partial charge in [0.15, 0.2) is 0 Å². The minimum absolute atomic E-state index is 0.0925. The van der Waals surface area contributed by atoms with Crippen molar-refractivity contribution in [2.75, 3.05) is 33.4 Å². The van der Waals surface area contributed by atoms with Gasteiger partial charge >= 0.3 is 0 Å². The third kappa shape index (κ3) is 4.94. The van der Waals surface area contributed by atoms with E-state index in [0.717, 1.165) is 13.1 Å². The lowest BCUT2D eigenvalue weighted by molar-refractivity contribution is -0.149. The molecule has 0 atom stereocenters. The molecule has 0 N–H and O–H groups in total. The molecule has 0 spiro atoms. The topological polar surface area (TPSA) is 38.8 Å². The lowest BCUT2D eigenvalue weighted by Gasteiger charge is -2.39. The largest absolute Gasteiger partial charge is 0.382 e. The number of hydrogen-bond donors (Lipinski definition) is 0. The van der Waals surface area contributed by atoms with Gasteiger partial charge in [0.1, 0.15) is 0 Å². The first-order valence-electron chi connectivity index (χ1n) is 6.04. The van der Waals surface area contributed by atoms with Crippen molar-refractivity contribution in [1.29, 1.82) is 0 Å². The van der Waals surface area contributed by atoms with Crippen molar-refractivity contribution >= 4 is 5.91 Å². The van der Waals surface area contributed by atoms with E-state index < -0.39 is 0 Å². The predicted molar refractivity (Wildman–Crippen MR) is 64.4 cm³/mol. The van der Waals surface area contributed by atoms with Crippen LogP contribution in [0.3, 0.4) is 0 Å². The van der Waals surface area contributed by atoms with Crippen molar-refractivity contribution in [3.63, 3.8) is 0 Å². The second kappa shape index (κ2) is 8.53. The number of hydrogen-bond acceptors (Lipinski definition) is 3. The van der Waals surface area contributed by atoms with E-state index in [1.165, 1.54) is 0 Å². The summed E-state index contributed by atoms with van der Waals surface area (Å²) in [7, 11) is 1.65. The normalized spacial score (nSPS) is 15.5. The number of rotatable bonds is 5. The minimum Gasteiger partial charge on any atom is -0.382 e. The highest BCUT2D eigenvalue weighted by molar-refractivity contribution is 5.78. The standard InChI is InChI=1S/C10H19NO3.C2H6/c1-8(2)10(12)11-6-9(7-11)14-5-4-13-3;1-2/h8-9H,4-7H2,1-3H3;1-2H3. The SMILES string of the molecule is CC.COCCOC1CN(C(=O)C(C)C)C1. The molecule has 96 valence electrons. The van der Waals surface area contributed by atoms with Crippen LogP contribution in [0.4, 0.5) is 0 Å². The molecule has 0 aromatic heterocycles. The average Bonchev–Trinajstić information content (AvgIpc) is 2.23. The molecular weight excluding hydrogens is 206 g/mol. The first-order chi connectivity index (χ1) is 7.65. The van der Waals surface area contributed by atoms with Crippen LogP contribution in [0.15, 0.2) is 0 Å². The molecule has 0 aromatic carbocycles. The van der Waals surface area contributed by atoms with E-state index in [2.05, 4.69) is 0 Å². The lowest BCUT2D eigenvalue weighted by Crippen LogP contribution is -2.56. The Bertz CT molecular complexity index is 189. The van der Waals surface area contributed by atoms with Gasteiger partial charge in [0.05, 0.1) is 19.3 Å². The Morgan fingerprint density at radius 3 is 2.31 bits per heavy atom. The highest BCUT2D eigenvalue weighted by atomic mass is 16.5. The maximum atomic E-state index is 11.4. The molecular formula is C12H25NO3. The number of methoxy groups -OCH3 is 1. The fraction of sp³-hybridized carbons (Fsp3) is 0.917. The molecule has 1 rings (SSSR count). The quantitative estimate of drug-likeness (QED) is 0.674. The summed E-state index contributed by atoms with van der Waals surface area (Å²) in [6.07, 6.45) is 0.216. The lowest BCUT2D eigenvalue weighted by atomic mass is 10.1. The molecule has 1 aliphatic heterocycles. The van der Waals surface area contributed by atoms with E-state index in [1.807, 2.05) is 32.6 Å². The molecule has 0 saturated carbocycles. The summed E-state index contributed by atoms with van der Waals surface area (Å²) < 4.78 is 10.3. The Balaban J connectivity index is 0.00000106. The summed E-state index contributed by atoms with van der Waals surface area (Å²) in [5.74, 6) is 0.312. The number of amides is 1. The first kappa shape index (κ1) is 15.4. The Labute approximate surface area is 98.9 Å². The Morgan fingerprint density at radius 2 is 1.88 bits per heavy atom. The Kier molecular flexibility index (Phi) is 8.21. The summed E-state index contributed by atoms with van der Waals surface area (Å²) in [5.41, 5.74) is 0. The number of ether oxygens (including phenoxy) is 2. The molecule has 1 saturated heterocycles. The van der Waals surface area contributed by atoms with Crippen LogP contribution in [0.2, 0.25) is 0 Å². The molecule has 1 fully saturated rings. The van der Waals surface area contributed by atoms with E-state index in [-0.39, 0.29) is 17.9 Å². The van der Waals surface area contributed by atoms with Crippen LogP contribution in [0, 0.1) is 5.92 Å². The van der Waals surface area contributed by atoms with Crippen molar-refractivity contribution < 1.29 is 14.3 Å². The van der Waals surface area contributed by atoms with Crippen molar-refractivity contribution in [2.24, 2.45) is 5.92 Å². The molecule has 0 unspecified atom stereocenters. The van der Waals surface area contributed by atoms with Crippen molar-refractivity contribution in [2.45, 2.75) is 33.8 Å². The smallest absolute Gasteiger partial charge is 0.225 e. The van der Waals surface area contributed by atoms with Gasteiger partial charge in [-0.2, -0.15) is 0 Å². The molecule has 0 aromatic rings. The molecule has 0 radical (unpaired) electrons. The number of carbonyl (C=O) groups excluding carboxylic acids is 1. The summed E-state index contributed by atoms with van der Waals surface area (Å²) in [5, 5.41) is 0. The molecule has 0 bridgehead atoms. The molecule has 0 aliphatic carbocycles. The van der Waals surface area contributed by atoms with E-state index in [1.54, 1.807) is 7.11 Å². The van der Waals surface area contributed by atoms with Gasteiger partial charge in [-0.1, -0.05) is 27.7 Å². The van der Waals surface area contributed by atoms with Crippen molar-refractivity contribution in [3.8, 4) is 0 Å². The van der Waals surface area contributed by atoms with Gasteiger partial charge in [-0.25, -0.2) is 0 Å². The Morgan fingerprint density at radius 1 is 1.31 bits per heavy atom. The van der Waals surface area contributed by atoms with Crippen molar-refractivity contribution in [3.05, 3.63) is 0 Å². The second-order valence-corrected chi connectivity index (χ2v) is 3.88. The number of likely N-dealkylation sites (tertiary alicyclic amines) is 1. The molecule has 4 nitrogen and oxygen atoms in total. The van der Waals surface area contributed by atoms with Gasteiger partial charge in [0.2, 0.25) is 5.91 Å². The fourth-order valence-corrected chi connectivity index (χ4v) is 1.39. The zero-order valence-corrected chi connectivity index (χ0v) is 11.2. The highest BCUT2D eigenvalue weighted by Crippen LogP contribution is 2.14. The molecule has 1 heterocycles. The average molecular weight is 231 g/mol. The van der Waals surface area contributed by atoms with Crippen molar-refractivity contribution in [1.82, 2.24) is 4.90 Å². The van der Waals surface area contributed by atoms with E-state index in [9.17, 15) is 4.79 Å². The monoisotopic (exact) mass is 231 g/mol. The van der Waals surface area contributed by atoms with Crippen LogP contribution >= 0.6 is 0 Å². The third-order valence-corrected chi connectivity index (χ3v) is 2.29. The van der Waals surface area contributed by atoms with Gasteiger partial charge in [-0.05, 0) is 0 Å². The Hall–Kier alpha value is -0.610. The van der Waals surface area contributed by atoms with Gasteiger partial charge in [0.25, 0.3) is 0 Å². The second-order valence-electron chi connectivity index (χ2n) is 3.88. The summed E-state index contributed by atoms with van der Waals surface area (Å²) in [4.78, 5) is 13.3. The summed E-state index contributed by atoms with van der Waals surface area (Å²) in [6, 6.07) is 0. The molecule has 1 aliphatic rings. The highest BCUT2D eigenvalue weighted by Gasteiger charge is 2.31. The molecule has 4 heteroatoms. The number of carbonyl (C=O) groups is 1. The van der Waals surface area contributed by atoms with Crippen LogP contribution < -0.4 is 0 Å². The zero-order valence-electron chi connectivity index (χ0n) is 11.2. The zero-order chi connectivity index (χ0) is 12.6. The van der Waals surface area contributed by atoms with Gasteiger partial charge in [0, 0.05) is 26.1 Å². The van der Waals surface area contributed by atoms with Gasteiger partial charge in [-0.15, -0.1) is 0 Å². The maximum absolute atomic E-state index is 11.4. The predicted octanol–water partition coefficient (Wildman–Crippen LogP) is 1.54. The fourth-order valence-electron chi connectivity index (χ4n) is 1.39. The van der Waals surface area contributed by atoms with Crippen LogP contribution in [-0.2, 0) is 14.3 Å². The molecule has 1 amide bonds. The summed E-state index contributed by atoms with van der Waals surface area (Å²) >= 11 is 0. The minimum atomic E-state index is 0.0925. The van der Waals surface area contributed by atoms with E-state index in [4.69, 9.17) is 9.47 Å². The first-order valence-corrected chi connectivity index (χ1v) is 6.04. The summed E-state index contributed by atoms with van der Waals surface area (Å²) in [6.45, 7) is 10.5.